The molecule has 0 unspecified atom stereocenters. The Morgan fingerprint density at radius 2 is 1.92 bits per heavy atom. The molecule has 1 N–H and O–H groups in total. The van der Waals surface area contributed by atoms with Crippen molar-refractivity contribution in [1.82, 2.24) is 14.9 Å². The fraction of sp³-hybridized carbons (Fsp3) is 0.294. The van der Waals surface area contributed by atoms with Crippen LogP contribution in [0, 0.1) is 6.92 Å². The maximum absolute atomic E-state index is 5.94. The van der Waals surface area contributed by atoms with E-state index in [1.807, 2.05) is 25.1 Å². The van der Waals surface area contributed by atoms with Crippen molar-refractivity contribution in [1.29, 1.82) is 0 Å². The standard InChI is InChI=1S/C17H19ClN4.2ClH/c1-13-19-9-6-17(21-13)20-12-22-10-7-15(8-11-22)14-2-4-16(18)5-3-14;;/h2-7,9H,8,10-12H2,1H3,(H,19,20,21);2*1H. The molecule has 0 fully saturated rings. The SMILES string of the molecule is Cc1nccc(NCN2CC=C(c3ccc(Cl)cc3)CC2)n1.Cl.Cl. The average Bonchev–Trinajstić information content (AvgIpc) is 2.54. The molecule has 7 heteroatoms. The molecule has 130 valence electrons. The van der Waals surface area contributed by atoms with Gasteiger partial charge in [0, 0.05) is 24.3 Å². The van der Waals surface area contributed by atoms with Crippen LogP contribution in [-0.2, 0) is 0 Å². The topological polar surface area (TPSA) is 41.1 Å². The van der Waals surface area contributed by atoms with Gasteiger partial charge in [0.25, 0.3) is 0 Å². The van der Waals surface area contributed by atoms with Gasteiger partial charge >= 0.3 is 0 Å². The van der Waals surface area contributed by atoms with E-state index in [1.54, 1.807) is 6.20 Å². The van der Waals surface area contributed by atoms with E-state index in [1.165, 1.54) is 11.1 Å². The van der Waals surface area contributed by atoms with Crippen LogP contribution in [0.25, 0.3) is 5.57 Å². The molecule has 0 amide bonds. The Labute approximate surface area is 160 Å². The molecule has 2 heterocycles. The molecule has 0 bridgehead atoms. The van der Waals surface area contributed by atoms with Gasteiger partial charge in [0.1, 0.15) is 11.6 Å². The number of benzene rings is 1. The Morgan fingerprint density at radius 1 is 1.17 bits per heavy atom. The molecule has 0 spiro atoms. The predicted molar refractivity (Wildman–Crippen MR) is 105 cm³/mol. The van der Waals surface area contributed by atoms with Crippen LogP contribution in [0.2, 0.25) is 5.02 Å². The first-order chi connectivity index (χ1) is 10.7. The van der Waals surface area contributed by atoms with Gasteiger partial charge in [-0.05, 0) is 42.7 Å². The van der Waals surface area contributed by atoms with E-state index in [4.69, 9.17) is 11.6 Å². The zero-order chi connectivity index (χ0) is 15.4. The van der Waals surface area contributed by atoms with Crippen molar-refractivity contribution in [3.8, 4) is 0 Å². The third kappa shape index (κ3) is 5.64. The summed E-state index contributed by atoms with van der Waals surface area (Å²) >= 11 is 5.94. The molecule has 1 aliphatic rings. The van der Waals surface area contributed by atoms with Gasteiger partial charge < -0.3 is 5.32 Å². The summed E-state index contributed by atoms with van der Waals surface area (Å²) in [5.74, 6) is 1.66. The van der Waals surface area contributed by atoms with Crippen LogP contribution in [-0.4, -0.2) is 34.6 Å². The zero-order valence-corrected chi connectivity index (χ0v) is 15.8. The van der Waals surface area contributed by atoms with Crippen molar-refractivity contribution < 1.29 is 0 Å². The van der Waals surface area contributed by atoms with Crippen molar-refractivity contribution >= 4 is 47.8 Å². The molecular weight excluding hydrogens is 367 g/mol. The molecule has 0 atom stereocenters. The summed E-state index contributed by atoms with van der Waals surface area (Å²) in [6, 6.07) is 9.97. The molecular formula is C17H21Cl3N4. The summed E-state index contributed by atoms with van der Waals surface area (Å²) in [5, 5.41) is 4.13. The van der Waals surface area contributed by atoms with Gasteiger partial charge in [-0.15, -0.1) is 24.8 Å². The van der Waals surface area contributed by atoms with E-state index in [9.17, 15) is 0 Å². The number of nitrogens with zero attached hydrogens (tertiary/aromatic N) is 3. The third-order valence-electron chi connectivity index (χ3n) is 3.77. The lowest BCUT2D eigenvalue weighted by molar-refractivity contribution is 0.323. The summed E-state index contributed by atoms with van der Waals surface area (Å²) in [4.78, 5) is 10.8. The van der Waals surface area contributed by atoms with Crippen LogP contribution < -0.4 is 5.32 Å². The first-order valence-electron chi connectivity index (χ1n) is 7.41. The summed E-state index contributed by atoms with van der Waals surface area (Å²) in [6.07, 6.45) is 5.12. The number of hydrogen-bond donors (Lipinski definition) is 1. The molecule has 0 saturated heterocycles. The number of rotatable bonds is 4. The highest BCUT2D eigenvalue weighted by Crippen LogP contribution is 2.23. The number of aromatic nitrogens is 2. The van der Waals surface area contributed by atoms with Crippen molar-refractivity contribution in [3.63, 3.8) is 0 Å². The zero-order valence-electron chi connectivity index (χ0n) is 13.4. The predicted octanol–water partition coefficient (Wildman–Crippen LogP) is 4.44. The lowest BCUT2D eigenvalue weighted by atomic mass is 10.00. The summed E-state index contributed by atoms with van der Waals surface area (Å²) in [7, 11) is 0. The lowest BCUT2D eigenvalue weighted by Gasteiger charge is -2.26. The maximum Gasteiger partial charge on any atom is 0.130 e. The monoisotopic (exact) mass is 386 g/mol. The van der Waals surface area contributed by atoms with Crippen molar-refractivity contribution in [2.24, 2.45) is 0 Å². The molecule has 1 aromatic carbocycles. The van der Waals surface area contributed by atoms with Crippen LogP contribution in [0.4, 0.5) is 5.82 Å². The summed E-state index contributed by atoms with van der Waals surface area (Å²) < 4.78 is 0. The van der Waals surface area contributed by atoms with Crippen LogP contribution >= 0.6 is 36.4 Å². The number of halogens is 3. The van der Waals surface area contributed by atoms with E-state index in [2.05, 4.69) is 38.4 Å². The number of anilines is 1. The molecule has 2 aromatic rings. The van der Waals surface area contributed by atoms with E-state index in [-0.39, 0.29) is 24.8 Å². The first-order valence-corrected chi connectivity index (χ1v) is 7.79. The molecule has 1 aromatic heterocycles. The Morgan fingerprint density at radius 3 is 2.54 bits per heavy atom. The van der Waals surface area contributed by atoms with Crippen molar-refractivity contribution in [2.45, 2.75) is 13.3 Å². The van der Waals surface area contributed by atoms with Crippen LogP contribution in [0.15, 0.2) is 42.6 Å². The molecule has 24 heavy (non-hydrogen) atoms. The van der Waals surface area contributed by atoms with Gasteiger partial charge in [0.15, 0.2) is 0 Å². The number of hydrogen-bond acceptors (Lipinski definition) is 4. The Balaban J connectivity index is 0.00000144. The van der Waals surface area contributed by atoms with E-state index in [0.717, 1.165) is 42.8 Å². The van der Waals surface area contributed by atoms with Gasteiger partial charge in [-0.25, -0.2) is 9.97 Å². The van der Waals surface area contributed by atoms with Crippen molar-refractivity contribution in [3.05, 3.63) is 59.0 Å². The number of aryl methyl sites for hydroxylation is 1. The second kappa shape index (κ2) is 9.84. The third-order valence-corrected chi connectivity index (χ3v) is 4.02. The van der Waals surface area contributed by atoms with E-state index in [0.29, 0.717) is 0 Å². The molecule has 0 aliphatic carbocycles. The minimum absolute atomic E-state index is 0. The second-order valence-electron chi connectivity index (χ2n) is 5.39. The normalized spacial score (nSPS) is 14.2. The first kappa shape index (κ1) is 20.7. The average molecular weight is 388 g/mol. The van der Waals surface area contributed by atoms with Gasteiger partial charge in [-0.1, -0.05) is 29.8 Å². The van der Waals surface area contributed by atoms with Crippen molar-refractivity contribution in [2.75, 3.05) is 25.1 Å². The Bertz CT molecular complexity index is 674. The molecule has 0 saturated carbocycles. The van der Waals surface area contributed by atoms with Crippen LogP contribution in [0.1, 0.15) is 17.8 Å². The van der Waals surface area contributed by atoms with Crippen LogP contribution in [0.5, 0.6) is 0 Å². The highest BCUT2D eigenvalue weighted by atomic mass is 35.5. The number of nitrogens with one attached hydrogen (secondary N) is 1. The minimum Gasteiger partial charge on any atom is -0.357 e. The Hall–Kier alpha value is -1.33. The fourth-order valence-electron chi connectivity index (χ4n) is 2.53. The molecule has 4 nitrogen and oxygen atoms in total. The molecule has 1 aliphatic heterocycles. The second-order valence-corrected chi connectivity index (χ2v) is 5.82. The maximum atomic E-state index is 5.94. The summed E-state index contributed by atoms with van der Waals surface area (Å²) in [5.41, 5.74) is 2.66. The van der Waals surface area contributed by atoms with Gasteiger partial charge in [0.05, 0.1) is 6.67 Å². The van der Waals surface area contributed by atoms with Gasteiger partial charge in [-0.3, -0.25) is 4.90 Å². The van der Waals surface area contributed by atoms with E-state index >= 15 is 0 Å². The largest absolute Gasteiger partial charge is 0.357 e. The van der Waals surface area contributed by atoms with E-state index < -0.39 is 0 Å². The highest BCUT2D eigenvalue weighted by Gasteiger charge is 2.12. The smallest absolute Gasteiger partial charge is 0.130 e. The van der Waals surface area contributed by atoms with Gasteiger partial charge in [-0.2, -0.15) is 0 Å². The van der Waals surface area contributed by atoms with Gasteiger partial charge in [0.2, 0.25) is 0 Å². The quantitative estimate of drug-likeness (QED) is 0.842. The summed E-state index contributed by atoms with van der Waals surface area (Å²) in [6.45, 7) is 4.66. The molecule has 3 rings (SSSR count). The fourth-order valence-corrected chi connectivity index (χ4v) is 2.65. The lowest BCUT2D eigenvalue weighted by Crippen LogP contribution is -2.33. The van der Waals surface area contributed by atoms with Crippen LogP contribution in [0.3, 0.4) is 0 Å². The molecule has 0 radical (unpaired) electrons. The Kier molecular flexibility index (Phi) is 8.50. The highest BCUT2D eigenvalue weighted by molar-refractivity contribution is 6.30. The minimum atomic E-state index is 0.